The Morgan fingerprint density at radius 2 is 2.17 bits per heavy atom. The summed E-state index contributed by atoms with van der Waals surface area (Å²) in [5.41, 5.74) is 0.116. The Morgan fingerprint density at radius 1 is 1.44 bits per heavy atom. The zero-order valence-corrected chi connectivity index (χ0v) is 11.1. The van der Waals surface area contributed by atoms with E-state index < -0.39 is 5.82 Å². The van der Waals surface area contributed by atoms with Gasteiger partial charge in [-0.25, -0.2) is 4.39 Å². The fourth-order valence-electron chi connectivity index (χ4n) is 2.13. The van der Waals surface area contributed by atoms with E-state index >= 15 is 0 Å². The first-order chi connectivity index (χ1) is 8.18. The molecule has 1 aliphatic heterocycles. The lowest BCUT2D eigenvalue weighted by atomic mass is 9.99. The molecule has 1 aromatic carbocycles. The first-order valence-electron chi connectivity index (χ1n) is 5.97. The molecule has 100 valence electrons. The second-order valence-corrected chi connectivity index (χ2v) is 4.44. The number of carbonyl (C=O) groups excluding carboxylic acids is 1. The molecule has 1 aliphatic rings. The topological polar surface area (TPSA) is 41.1 Å². The Hall–Kier alpha value is -1.13. The van der Waals surface area contributed by atoms with Gasteiger partial charge >= 0.3 is 0 Å². The van der Waals surface area contributed by atoms with Crippen molar-refractivity contribution in [2.24, 2.45) is 0 Å². The van der Waals surface area contributed by atoms with Crippen molar-refractivity contribution in [3.63, 3.8) is 0 Å². The number of benzene rings is 1. The Morgan fingerprint density at radius 3 is 2.83 bits per heavy atom. The summed E-state index contributed by atoms with van der Waals surface area (Å²) in [4.78, 5) is 11.9. The summed E-state index contributed by atoms with van der Waals surface area (Å²) in [5.74, 6) is -0.801. The number of piperidine rings is 1. The van der Waals surface area contributed by atoms with E-state index in [0.29, 0.717) is 0 Å². The van der Waals surface area contributed by atoms with Crippen molar-refractivity contribution in [1.82, 2.24) is 10.6 Å². The Bertz CT molecular complexity index is 414. The molecule has 2 unspecified atom stereocenters. The molecule has 2 rings (SSSR count). The van der Waals surface area contributed by atoms with Crippen molar-refractivity contribution in [3.8, 4) is 0 Å². The average molecular weight is 273 g/mol. The maximum absolute atomic E-state index is 13.4. The van der Waals surface area contributed by atoms with Crippen LogP contribution in [0.5, 0.6) is 0 Å². The summed E-state index contributed by atoms with van der Waals surface area (Å²) < 4.78 is 13.4. The highest BCUT2D eigenvalue weighted by Crippen LogP contribution is 2.11. The van der Waals surface area contributed by atoms with Gasteiger partial charge in [-0.1, -0.05) is 12.1 Å². The summed E-state index contributed by atoms with van der Waals surface area (Å²) in [5, 5.41) is 6.18. The minimum absolute atomic E-state index is 0. The number of nitrogens with one attached hydrogen (secondary N) is 2. The van der Waals surface area contributed by atoms with E-state index in [9.17, 15) is 9.18 Å². The minimum atomic E-state index is -0.471. The van der Waals surface area contributed by atoms with Gasteiger partial charge in [0.15, 0.2) is 0 Å². The van der Waals surface area contributed by atoms with Crippen molar-refractivity contribution >= 4 is 18.3 Å². The second kappa shape index (κ2) is 6.71. The summed E-state index contributed by atoms with van der Waals surface area (Å²) in [7, 11) is 0. The van der Waals surface area contributed by atoms with Crippen molar-refractivity contribution in [2.75, 3.05) is 6.54 Å². The standard InChI is InChI=1S/C13H17FN2O.ClH/c1-9-12(7-4-8-15-9)16-13(17)10-5-2-3-6-11(10)14;/h2-3,5-6,9,12,15H,4,7-8H2,1H3,(H,16,17);1H. The van der Waals surface area contributed by atoms with Gasteiger partial charge in [-0.05, 0) is 38.4 Å². The molecule has 0 saturated carbocycles. The van der Waals surface area contributed by atoms with Gasteiger partial charge in [0.05, 0.1) is 5.56 Å². The normalized spacial score (nSPS) is 23.0. The van der Waals surface area contributed by atoms with Crippen LogP contribution in [0.2, 0.25) is 0 Å². The Balaban J connectivity index is 0.00000162. The lowest BCUT2D eigenvalue weighted by Crippen LogP contribution is -2.52. The van der Waals surface area contributed by atoms with Crippen molar-refractivity contribution in [3.05, 3.63) is 35.6 Å². The van der Waals surface area contributed by atoms with Gasteiger partial charge in [0.2, 0.25) is 0 Å². The van der Waals surface area contributed by atoms with Crippen LogP contribution in [0.1, 0.15) is 30.1 Å². The monoisotopic (exact) mass is 272 g/mol. The number of halogens is 2. The molecule has 5 heteroatoms. The number of carbonyl (C=O) groups is 1. The fourth-order valence-corrected chi connectivity index (χ4v) is 2.13. The van der Waals surface area contributed by atoms with Gasteiger partial charge in [-0.3, -0.25) is 4.79 Å². The van der Waals surface area contributed by atoms with Crippen LogP contribution in [-0.2, 0) is 0 Å². The zero-order chi connectivity index (χ0) is 12.3. The van der Waals surface area contributed by atoms with E-state index in [1.807, 2.05) is 6.92 Å². The summed E-state index contributed by atoms with van der Waals surface area (Å²) in [6, 6.07) is 6.37. The lowest BCUT2D eigenvalue weighted by Gasteiger charge is -2.30. The molecule has 1 aromatic rings. The third-order valence-electron chi connectivity index (χ3n) is 3.20. The molecule has 1 amide bonds. The molecule has 0 aliphatic carbocycles. The molecule has 0 aromatic heterocycles. The smallest absolute Gasteiger partial charge is 0.254 e. The predicted molar refractivity (Wildman–Crippen MR) is 71.6 cm³/mol. The molecule has 0 bridgehead atoms. The average Bonchev–Trinajstić information content (AvgIpc) is 2.32. The van der Waals surface area contributed by atoms with Gasteiger partial charge in [-0.15, -0.1) is 12.4 Å². The quantitative estimate of drug-likeness (QED) is 0.866. The summed E-state index contributed by atoms with van der Waals surface area (Å²) in [6.07, 6.45) is 1.97. The molecule has 3 nitrogen and oxygen atoms in total. The van der Waals surface area contributed by atoms with Gasteiger partial charge in [-0.2, -0.15) is 0 Å². The summed E-state index contributed by atoms with van der Waals surface area (Å²) >= 11 is 0. The number of amides is 1. The Kier molecular flexibility index (Phi) is 5.56. The molecular weight excluding hydrogens is 255 g/mol. The molecule has 0 radical (unpaired) electrons. The number of rotatable bonds is 2. The molecule has 0 spiro atoms. The molecule has 2 atom stereocenters. The van der Waals surface area contributed by atoms with E-state index in [2.05, 4.69) is 10.6 Å². The number of hydrogen-bond donors (Lipinski definition) is 2. The highest BCUT2D eigenvalue weighted by molar-refractivity contribution is 5.94. The van der Waals surface area contributed by atoms with Gasteiger partial charge in [0.25, 0.3) is 5.91 Å². The minimum Gasteiger partial charge on any atom is -0.348 e. The van der Waals surface area contributed by atoms with Crippen molar-refractivity contribution in [1.29, 1.82) is 0 Å². The van der Waals surface area contributed by atoms with Crippen LogP contribution >= 0.6 is 12.4 Å². The van der Waals surface area contributed by atoms with Gasteiger partial charge < -0.3 is 10.6 Å². The fraction of sp³-hybridized carbons (Fsp3) is 0.462. The highest BCUT2D eigenvalue weighted by atomic mass is 35.5. The Labute approximate surface area is 113 Å². The second-order valence-electron chi connectivity index (χ2n) is 4.44. The highest BCUT2D eigenvalue weighted by Gasteiger charge is 2.23. The van der Waals surface area contributed by atoms with E-state index in [-0.39, 0.29) is 36.0 Å². The third-order valence-corrected chi connectivity index (χ3v) is 3.20. The molecule has 1 fully saturated rings. The van der Waals surface area contributed by atoms with Crippen molar-refractivity contribution < 1.29 is 9.18 Å². The van der Waals surface area contributed by atoms with Crippen LogP contribution in [0.3, 0.4) is 0 Å². The zero-order valence-electron chi connectivity index (χ0n) is 10.3. The van der Waals surface area contributed by atoms with Gasteiger partial charge in [0.1, 0.15) is 5.82 Å². The van der Waals surface area contributed by atoms with E-state index in [4.69, 9.17) is 0 Å². The van der Waals surface area contributed by atoms with Gasteiger partial charge in [0, 0.05) is 12.1 Å². The van der Waals surface area contributed by atoms with Crippen LogP contribution < -0.4 is 10.6 Å². The molecule has 1 saturated heterocycles. The van der Waals surface area contributed by atoms with Crippen molar-refractivity contribution in [2.45, 2.75) is 31.8 Å². The maximum Gasteiger partial charge on any atom is 0.254 e. The molecule has 2 N–H and O–H groups in total. The van der Waals surface area contributed by atoms with E-state index in [1.165, 1.54) is 12.1 Å². The molecular formula is C13H18ClFN2O. The lowest BCUT2D eigenvalue weighted by molar-refractivity contribution is 0.0916. The molecule has 18 heavy (non-hydrogen) atoms. The van der Waals surface area contributed by atoms with Crippen LogP contribution in [0.15, 0.2) is 24.3 Å². The van der Waals surface area contributed by atoms with Crippen LogP contribution in [0.4, 0.5) is 4.39 Å². The first kappa shape index (κ1) is 14.9. The van der Waals surface area contributed by atoms with E-state index in [1.54, 1.807) is 12.1 Å². The predicted octanol–water partition coefficient (Wildman–Crippen LogP) is 2.12. The largest absolute Gasteiger partial charge is 0.348 e. The van der Waals surface area contributed by atoms with Crippen LogP contribution in [0, 0.1) is 5.82 Å². The third kappa shape index (κ3) is 3.43. The first-order valence-corrected chi connectivity index (χ1v) is 5.97. The summed E-state index contributed by atoms with van der Waals surface area (Å²) in [6.45, 7) is 3.01. The maximum atomic E-state index is 13.4. The van der Waals surface area contributed by atoms with Crippen LogP contribution in [-0.4, -0.2) is 24.5 Å². The molecule has 1 heterocycles. The SMILES string of the molecule is CC1NCCCC1NC(=O)c1ccccc1F.Cl. The van der Waals surface area contributed by atoms with Crippen LogP contribution in [0.25, 0.3) is 0 Å². The number of hydrogen-bond acceptors (Lipinski definition) is 2. The van der Waals surface area contributed by atoms with E-state index in [0.717, 1.165) is 19.4 Å².